The van der Waals surface area contributed by atoms with E-state index in [2.05, 4.69) is 20.8 Å². The molecular weight excluding hydrogens is 180 g/mol. The van der Waals surface area contributed by atoms with E-state index in [0.717, 1.165) is 18.8 Å². The molecule has 1 fully saturated rings. The third-order valence-corrected chi connectivity index (χ3v) is 2.43. The van der Waals surface area contributed by atoms with Crippen molar-refractivity contribution in [2.45, 2.75) is 31.8 Å². The van der Waals surface area contributed by atoms with Crippen LogP contribution in [0.15, 0.2) is 4.52 Å². The largest absolute Gasteiger partial charge is 0.338 e. The summed E-state index contributed by atoms with van der Waals surface area (Å²) in [4.78, 5) is 4.28. The molecule has 1 aromatic heterocycles. The average Bonchev–Trinajstić information content (AvgIpc) is 2.79. The summed E-state index contributed by atoms with van der Waals surface area (Å²) in [6.45, 7) is 1.76. The van der Waals surface area contributed by atoms with Crippen LogP contribution in [-0.2, 0) is 13.0 Å². The molecule has 2 N–H and O–H groups in total. The Hall–Kier alpha value is -0.940. The molecule has 1 unspecified atom stereocenters. The minimum Gasteiger partial charge on any atom is -0.338 e. The highest BCUT2D eigenvalue weighted by molar-refractivity contribution is 4.91. The lowest BCUT2D eigenvalue weighted by atomic mass is 10.1. The van der Waals surface area contributed by atoms with Gasteiger partial charge in [-0.25, -0.2) is 0 Å². The van der Waals surface area contributed by atoms with Gasteiger partial charge in [0.2, 0.25) is 5.89 Å². The fraction of sp³-hybridized carbons (Fsp3) is 0.778. The molecule has 0 amide bonds. The van der Waals surface area contributed by atoms with E-state index in [4.69, 9.17) is 4.52 Å². The van der Waals surface area contributed by atoms with Gasteiger partial charge >= 0.3 is 0 Å². The van der Waals surface area contributed by atoms with Crippen LogP contribution in [0.5, 0.6) is 0 Å². The maximum atomic E-state index is 5.06. The van der Waals surface area contributed by atoms with Crippen LogP contribution in [0.4, 0.5) is 0 Å². The first-order chi connectivity index (χ1) is 6.88. The lowest BCUT2D eigenvalue weighted by Crippen LogP contribution is -2.24. The van der Waals surface area contributed by atoms with Crippen molar-refractivity contribution in [2.24, 2.45) is 0 Å². The summed E-state index contributed by atoms with van der Waals surface area (Å²) in [6.07, 6.45) is 3.36. The third kappa shape index (κ3) is 2.30. The van der Waals surface area contributed by atoms with Gasteiger partial charge in [0.1, 0.15) is 0 Å². The Morgan fingerprint density at radius 2 is 2.57 bits per heavy atom. The maximum Gasteiger partial charge on any atom is 0.240 e. The fourth-order valence-electron chi connectivity index (χ4n) is 1.75. The minimum absolute atomic E-state index is 0.537. The maximum absolute atomic E-state index is 5.06. The van der Waals surface area contributed by atoms with Crippen molar-refractivity contribution in [1.29, 1.82) is 0 Å². The second-order valence-electron chi connectivity index (χ2n) is 3.63. The average molecular weight is 196 g/mol. The second-order valence-corrected chi connectivity index (χ2v) is 3.63. The SMILES string of the molecule is CNCc1nc(CC2CCCN2)no1. The normalized spacial score (nSPS) is 21.6. The van der Waals surface area contributed by atoms with Gasteiger partial charge in [0.25, 0.3) is 0 Å². The van der Waals surface area contributed by atoms with Crippen molar-refractivity contribution in [1.82, 2.24) is 20.8 Å². The smallest absolute Gasteiger partial charge is 0.240 e. The molecule has 1 atom stereocenters. The highest BCUT2D eigenvalue weighted by Crippen LogP contribution is 2.09. The number of aromatic nitrogens is 2. The Morgan fingerprint density at radius 3 is 3.29 bits per heavy atom. The molecule has 0 aromatic carbocycles. The van der Waals surface area contributed by atoms with Crippen LogP contribution < -0.4 is 10.6 Å². The van der Waals surface area contributed by atoms with Crippen molar-refractivity contribution in [3.05, 3.63) is 11.7 Å². The van der Waals surface area contributed by atoms with E-state index in [9.17, 15) is 0 Å². The lowest BCUT2D eigenvalue weighted by Gasteiger charge is -2.04. The summed E-state index contributed by atoms with van der Waals surface area (Å²) in [7, 11) is 1.86. The van der Waals surface area contributed by atoms with Gasteiger partial charge in [-0.3, -0.25) is 0 Å². The molecule has 5 nitrogen and oxygen atoms in total. The van der Waals surface area contributed by atoms with Crippen LogP contribution >= 0.6 is 0 Å². The first kappa shape index (κ1) is 9.61. The minimum atomic E-state index is 0.537. The highest BCUT2D eigenvalue weighted by Gasteiger charge is 2.17. The first-order valence-corrected chi connectivity index (χ1v) is 5.08. The van der Waals surface area contributed by atoms with Crippen LogP contribution in [0.2, 0.25) is 0 Å². The molecule has 78 valence electrons. The van der Waals surface area contributed by atoms with E-state index in [1.54, 1.807) is 0 Å². The van der Waals surface area contributed by atoms with E-state index >= 15 is 0 Å². The number of nitrogens with zero attached hydrogens (tertiary/aromatic N) is 2. The topological polar surface area (TPSA) is 63.0 Å². The molecule has 1 aliphatic rings. The van der Waals surface area contributed by atoms with E-state index in [0.29, 0.717) is 18.5 Å². The second kappa shape index (κ2) is 4.52. The summed E-state index contributed by atoms with van der Waals surface area (Å²) >= 11 is 0. The van der Waals surface area contributed by atoms with Gasteiger partial charge in [-0.2, -0.15) is 4.98 Å². The van der Waals surface area contributed by atoms with Crippen LogP contribution in [0, 0.1) is 0 Å². The zero-order chi connectivity index (χ0) is 9.80. The molecule has 0 spiro atoms. The van der Waals surface area contributed by atoms with Gasteiger partial charge in [0.05, 0.1) is 6.54 Å². The zero-order valence-electron chi connectivity index (χ0n) is 8.42. The van der Waals surface area contributed by atoms with Crippen LogP contribution in [-0.4, -0.2) is 29.8 Å². The molecule has 0 saturated carbocycles. The third-order valence-electron chi connectivity index (χ3n) is 2.43. The Morgan fingerprint density at radius 1 is 1.64 bits per heavy atom. The van der Waals surface area contributed by atoms with Crippen molar-refractivity contribution in [3.63, 3.8) is 0 Å². The molecule has 14 heavy (non-hydrogen) atoms. The van der Waals surface area contributed by atoms with Gasteiger partial charge < -0.3 is 15.2 Å². The van der Waals surface area contributed by atoms with Gasteiger partial charge in [-0.15, -0.1) is 0 Å². The summed E-state index contributed by atoms with van der Waals surface area (Å²) in [5.41, 5.74) is 0. The summed E-state index contributed by atoms with van der Waals surface area (Å²) < 4.78 is 5.06. The number of hydrogen-bond acceptors (Lipinski definition) is 5. The monoisotopic (exact) mass is 196 g/mol. The molecule has 0 bridgehead atoms. The number of rotatable bonds is 4. The first-order valence-electron chi connectivity index (χ1n) is 5.08. The summed E-state index contributed by atoms with van der Waals surface area (Å²) in [5.74, 6) is 1.48. The molecule has 2 heterocycles. The van der Waals surface area contributed by atoms with Crippen molar-refractivity contribution in [3.8, 4) is 0 Å². The van der Waals surface area contributed by atoms with Crippen molar-refractivity contribution in [2.75, 3.05) is 13.6 Å². The van der Waals surface area contributed by atoms with E-state index in [-0.39, 0.29) is 0 Å². The van der Waals surface area contributed by atoms with Gasteiger partial charge in [-0.05, 0) is 26.4 Å². The van der Waals surface area contributed by atoms with Crippen LogP contribution in [0.25, 0.3) is 0 Å². The Kier molecular flexibility index (Phi) is 3.10. The molecule has 2 rings (SSSR count). The predicted molar refractivity (Wildman–Crippen MR) is 51.8 cm³/mol. The summed E-state index contributed by atoms with van der Waals surface area (Å²) in [5, 5.41) is 10.3. The fourth-order valence-corrected chi connectivity index (χ4v) is 1.75. The lowest BCUT2D eigenvalue weighted by molar-refractivity contribution is 0.365. The van der Waals surface area contributed by atoms with Crippen LogP contribution in [0.1, 0.15) is 24.6 Å². The highest BCUT2D eigenvalue weighted by atomic mass is 16.5. The quantitative estimate of drug-likeness (QED) is 0.714. The molecular formula is C9H16N4O. The Balaban J connectivity index is 1.88. The molecule has 1 saturated heterocycles. The van der Waals surface area contributed by atoms with E-state index < -0.39 is 0 Å². The Labute approximate surface area is 83.3 Å². The zero-order valence-corrected chi connectivity index (χ0v) is 8.42. The predicted octanol–water partition coefficient (Wildman–Crippen LogP) is 0.0835. The van der Waals surface area contributed by atoms with E-state index in [1.165, 1.54) is 12.8 Å². The van der Waals surface area contributed by atoms with Gasteiger partial charge in [0.15, 0.2) is 5.82 Å². The Bertz CT molecular complexity index is 280. The summed E-state index contributed by atoms with van der Waals surface area (Å²) in [6, 6.07) is 0.537. The standard InChI is InChI=1S/C9H16N4O/c1-10-6-9-12-8(13-14-9)5-7-3-2-4-11-7/h7,10-11H,2-6H2,1H3. The number of nitrogens with one attached hydrogen (secondary N) is 2. The molecule has 0 radical (unpaired) electrons. The van der Waals surface area contributed by atoms with E-state index in [1.807, 2.05) is 7.05 Å². The molecule has 1 aromatic rings. The van der Waals surface area contributed by atoms with Crippen molar-refractivity contribution >= 4 is 0 Å². The van der Waals surface area contributed by atoms with Crippen LogP contribution in [0.3, 0.4) is 0 Å². The molecule has 0 aliphatic carbocycles. The van der Waals surface area contributed by atoms with Crippen molar-refractivity contribution < 1.29 is 4.52 Å². The molecule has 5 heteroatoms. The molecule has 1 aliphatic heterocycles. The number of hydrogen-bond donors (Lipinski definition) is 2. The van der Waals surface area contributed by atoms with Gasteiger partial charge in [0, 0.05) is 12.5 Å². The van der Waals surface area contributed by atoms with Gasteiger partial charge in [-0.1, -0.05) is 5.16 Å².